The average molecular weight is 359 g/mol. The topological polar surface area (TPSA) is 107 Å². The van der Waals surface area contributed by atoms with E-state index in [4.69, 9.17) is 4.74 Å². The number of ether oxygens (including phenoxy) is 1. The van der Waals surface area contributed by atoms with Crippen LogP contribution in [0.15, 0.2) is 17.5 Å². The van der Waals surface area contributed by atoms with Gasteiger partial charge in [-0.2, -0.15) is 0 Å². The second kappa shape index (κ2) is 7.69. The Balaban J connectivity index is 1.64. The normalized spacial score (nSPS) is 19.2. The maximum absolute atomic E-state index is 11.7. The highest BCUT2D eigenvalue weighted by Gasteiger charge is 2.29. The molecule has 2 heterocycles. The van der Waals surface area contributed by atoms with E-state index in [1.54, 1.807) is 17.5 Å². The van der Waals surface area contributed by atoms with E-state index in [-0.39, 0.29) is 30.1 Å². The maximum atomic E-state index is 11.7. The number of nitrogens with one attached hydrogen (secondary N) is 1. The van der Waals surface area contributed by atoms with Crippen molar-refractivity contribution in [3.05, 3.63) is 22.4 Å². The number of carbonyl (C=O) groups excluding carboxylic acids is 3. The van der Waals surface area contributed by atoms with Crippen LogP contribution in [-0.2, 0) is 24.2 Å². The van der Waals surface area contributed by atoms with Gasteiger partial charge >= 0.3 is 5.97 Å². The van der Waals surface area contributed by atoms with E-state index in [2.05, 4.69) is 5.32 Å². The Morgan fingerprint density at radius 2 is 2.09 bits per heavy atom. The molecular weight excluding hydrogens is 342 g/mol. The van der Waals surface area contributed by atoms with E-state index in [9.17, 15) is 22.8 Å². The molecule has 0 aromatic carbocycles. The first-order chi connectivity index (χ1) is 10.9. The Morgan fingerprint density at radius 1 is 1.30 bits per heavy atom. The van der Waals surface area contributed by atoms with Crippen LogP contribution in [0.2, 0.25) is 0 Å². The fourth-order valence-electron chi connectivity index (χ4n) is 2.17. The van der Waals surface area contributed by atoms with Crippen LogP contribution in [0.1, 0.15) is 28.9 Å². The van der Waals surface area contributed by atoms with Gasteiger partial charge in [0.1, 0.15) is 0 Å². The van der Waals surface area contributed by atoms with Crippen molar-refractivity contribution in [1.29, 1.82) is 0 Å². The van der Waals surface area contributed by atoms with Gasteiger partial charge in [-0.15, -0.1) is 11.3 Å². The summed E-state index contributed by atoms with van der Waals surface area (Å²) in [5.74, 6) is -1.34. The number of ketones is 1. The highest BCUT2D eigenvalue weighted by molar-refractivity contribution is 7.91. The van der Waals surface area contributed by atoms with Crippen LogP contribution in [0.3, 0.4) is 0 Å². The summed E-state index contributed by atoms with van der Waals surface area (Å²) in [7, 11) is -3.07. The number of hydrogen-bond donors (Lipinski definition) is 1. The standard InChI is InChI=1S/C14H17NO6S2/c16-11(12-2-1-6-22-12)3-4-14(18)21-8-13(17)15-10-5-7-23(19,20)9-10/h1-2,6,10H,3-5,7-9H2,(H,15,17). The molecule has 23 heavy (non-hydrogen) atoms. The van der Waals surface area contributed by atoms with Crippen molar-refractivity contribution in [1.82, 2.24) is 5.32 Å². The van der Waals surface area contributed by atoms with E-state index in [0.717, 1.165) is 0 Å². The smallest absolute Gasteiger partial charge is 0.306 e. The summed E-state index contributed by atoms with van der Waals surface area (Å²) in [6, 6.07) is 3.01. The maximum Gasteiger partial charge on any atom is 0.306 e. The minimum Gasteiger partial charge on any atom is -0.456 e. The second-order valence-electron chi connectivity index (χ2n) is 5.23. The van der Waals surface area contributed by atoms with Crippen LogP contribution in [0, 0.1) is 0 Å². The summed E-state index contributed by atoms with van der Waals surface area (Å²) in [6.07, 6.45) is 0.307. The zero-order valence-corrected chi connectivity index (χ0v) is 14.0. The zero-order chi connectivity index (χ0) is 16.9. The quantitative estimate of drug-likeness (QED) is 0.563. The third-order valence-corrected chi connectivity index (χ3v) is 5.99. The molecule has 1 aliphatic heterocycles. The second-order valence-corrected chi connectivity index (χ2v) is 8.41. The number of esters is 1. The zero-order valence-electron chi connectivity index (χ0n) is 12.3. The molecule has 1 aliphatic rings. The Bertz CT molecular complexity index is 680. The molecule has 1 unspecified atom stereocenters. The number of rotatable bonds is 7. The minimum atomic E-state index is -3.07. The monoisotopic (exact) mass is 359 g/mol. The predicted molar refractivity (Wildman–Crippen MR) is 84.0 cm³/mol. The molecule has 0 saturated carbocycles. The van der Waals surface area contributed by atoms with E-state index in [1.165, 1.54) is 11.3 Å². The summed E-state index contributed by atoms with van der Waals surface area (Å²) in [5, 5.41) is 4.29. The fourth-order valence-corrected chi connectivity index (χ4v) is 4.54. The summed E-state index contributed by atoms with van der Waals surface area (Å²) in [4.78, 5) is 35.4. The molecule has 1 saturated heterocycles. The van der Waals surface area contributed by atoms with Gasteiger partial charge in [0.05, 0.1) is 22.8 Å². The molecule has 0 spiro atoms. The van der Waals surface area contributed by atoms with E-state index in [1.807, 2.05) is 0 Å². The first-order valence-corrected chi connectivity index (χ1v) is 9.78. The van der Waals surface area contributed by atoms with Gasteiger partial charge in [0, 0.05) is 12.5 Å². The average Bonchev–Trinajstić information content (AvgIpc) is 3.12. The lowest BCUT2D eigenvalue weighted by molar-refractivity contribution is -0.148. The van der Waals surface area contributed by atoms with Crippen molar-refractivity contribution < 1.29 is 27.5 Å². The molecule has 0 aliphatic carbocycles. The van der Waals surface area contributed by atoms with Gasteiger partial charge in [-0.1, -0.05) is 6.07 Å². The van der Waals surface area contributed by atoms with Crippen LogP contribution in [0.5, 0.6) is 0 Å². The molecule has 0 bridgehead atoms. The first-order valence-electron chi connectivity index (χ1n) is 7.08. The summed E-state index contributed by atoms with van der Waals surface area (Å²) in [6.45, 7) is -0.470. The van der Waals surface area contributed by atoms with Gasteiger partial charge in [-0.25, -0.2) is 8.42 Å². The lowest BCUT2D eigenvalue weighted by Crippen LogP contribution is -2.38. The van der Waals surface area contributed by atoms with Crippen molar-refractivity contribution >= 4 is 38.8 Å². The number of hydrogen-bond acceptors (Lipinski definition) is 7. The lowest BCUT2D eigenvalue weighted by Gasteiger charge is -2.10. The Hall–Kier alpha value is -1.74. The van der Waals surface area contributed by atoms with Gasteiger partial charge in [-0.05, 0) is 17.9 Å². The molecule has 1 N–H and O–H groups in total. The van der Waals surface area contributed by atoms with E-state index in [0.29, 0.717) is 11.3 Å². The predicted octanol–water partition coefficient (Wildman–Crippen LogP) is 0.558. The number of Topliss-reactive ketones (excluding diaryl/α,β-unsaturated/α-hetero) is 1. The summed E-state index contributed by atoms with van der Waals surface area (Å²) >= 11 is 1.30. The molecule has 7 nitrogen and oxygen atoms in total. The molecular formula is C14H17NO6S2. The van der Waals surface area contributed by atoms with Crippen molar-refractivity contribution in [3.63, 3.8) is 0 Å². The number of carbonyl (C=O) groups is 3. The molecule has 9 heteroatoms. The van der Waals surface area contributed by atoms with Gasteiger partial charge in [-0.3, -0.25) is 14.4 Å². The van der Waals surface area contributed by atoms with Crippen molar-refractivity contribution in [2.45, 2.75) is 25.3 Å². The van der Waals surface area contributed by atoms with Gasteiger partial charge in [0.25, 0.3) is 5.91 Å². The van der Waals surface area contributed by atoms with Crippen LogP contribution >= 0.6 is 11.3 Å². The van der Waals surface area contributed by atoms with Gasteiger partial charge in [0.2, 0.25) is 0 Å². The Labute approximate surface area is 137 Å². The minimum absolute atomic E-state index is 0.0296. The molecule has 126 valence electrons. The van der Waals surface area contributed by atoms with Crippen molar-refractivity contribution in [3.8, 4) is 0 Å². The van der Waals surface area contributed by atoms with Gasteiger partial charge in [0.15, 0.2) is 22.2 Å². The molecule has 1 fully saturated rings. The molecule has 1 aromatic rings. The summed E-state index contributed by atoms with van der Waals surface area (Å²) < 4.78 is 27.3. The van der Waals surface area contributed by atoms with E-state index < -0.39 is 34.4 Å². The number of sulfone groups is 1. The molecule has 1 atom stereocenters. The third-order valence-electron chi connectivity index (χ3n) is 3.31. The Morgan fingerprint density at radius 3 is 2.70 bits per heavy atom. The highest BCUT2D eigenvalue weighted by Crippen LogP contribution is 2.13. The van der Waals surface area contributed by atoms with E-state index >= 15 is 0 Å². The van der Waals surface area contributed by atoms with Crippen LogP contribution in [0.4, 0.5) is 0 Å². The third kappa shape index (κ3) is 5.76. The van der Waals surface area contributed by atoms with Crippen molar-refractivity contribution in [2.75, 3.05) is 18.1 Å². The number of amides is 1. The number of thiophene rings is 1. The van der Waals surface area contributed by atoms with Crippen molar-refractivity contribution in [2.24, 2.45) is 0 Å². The summed E-state index contributed by atoms with van der Waals surface area (Å²) in [5.41, 5.74) is 0. The SMILES string of the molecule is O=C(COC(=O)CCC(=O)c1cccs1)NC1CCS(=O)(=O)C1. The molecule has 1 aromatic heterocycles. The molecule has 2 rings (SSSR count). The van der Waals surface area contributed by atoms with Crippen LogP contribution in [0.25, 0.3) is 0 Å². The van der Waals surface area contributed by atoms with Crippen LogP contribution < -0.4 is 5.32 Å². The lowest BCUT2D eigenvalue weighted by atomic mass is 10.2. The van der Waals surface area contributed by atoms with Crippen LogP contribution in [-0.4, -0.2) is 50.2 Å². The molecule has 0 radical (unpaired) electrons. The first kappa shape index (κ1) is 17.6. The fraction of sp³-hybridized carbons (Fsp3) is 0.500. The largest absolute Gasteiger partial charge is 0.456 e. The Kier molecular flexibility index (Phi) is 5.89. The van der Waals surface area contributed by atoms with Gasteiger partial charge < -0.3 is 10.1 Å². The highest BCUT2D eigenvalue weighted by atomic mass is 32.2. The molecule has 1 amide bonds.